The van der Waals surface area contributed by atoms with Crippen molar-refractivity contribution in [1.29, 1.82) is 0 Å². The SMILES string of the molecule is CCCCCCC=C[C@H]1[C@@H]2OC(C)(C)O[C@@H]2C(=O)[C@@H]1CCCCCC(O)C(=O)O. The van der Waals surface area contributed by atoms with Gasteiger partial charge in [0.25, 0.3) is 0 Å². The number of carboxylic acids is 1. The van der Waals surface area contributed by atoms with Crippen molar-refractivity contribution >= 4 is 11.8 Å². The van der Waals surface area contributed by atoms with Gasteiger partial charge in [-0.25, -0.2) is 4.79 Å². The summed E-state index contributed by atoms with van der Waals surface area (Å²) >= 11 is 0. The molecule has 2 rings (SSSR count). The highest BCUT2D eigenvalue weighted by Gasteiger charge is 2.57. The first kappa shape index (κ1) is 24.0. The number of allylic oxidation sites excluding steroid dienone is 1. The Morgan fingerprint density at radius 2 is 1.86 bits per heavy atom. The molecule has 1 saturated heterocycles. The first-order valence-electron chi connectivity index (χ1n) is 11.2. The number of rotatable bonds is 13. The van der Waals surface area contributed by atoms with Gasteiger partial charge in [-0.2, -0.15) is 0 Å². The highest BCUT2D eigenvalue weighted by atomic mass is 16.8. The lowest BCUT2D eigenvalue weighted by molar-refractivity contribution is -0.165. The Hall–Kier alpha value is -1.24. The maximum atomic E-state index is 13.0. The standard InChI is InChI=1S/C23H38O6/c1-4-5-6-7-8-10-14-17-16(13-11-9-12-15-18(24)22(26)27)19(25)21-20(17)28-23(2,3)29-21/h10,14,16-18,20-21,24H,4-9,11-13,15H2,1-3H3,(H,26,27)/t16-,17-,18?,20+,21-/m1/s1. The minimum atomic E-state index is -1.30. The Labute approximate surface area is 174 Å². The number of aliphatic hydroxyl groups excluding tert-OH is 1. The number of carbonyl (C=O) groups excluding carboxylic acids is 1. The average Bonchev–Trinajstić information content (AvgIpc) is 3.09. The third-order valence-corrected chi connectivity index (χ3v) is 5.98. The molecule has 29 heavy (non-hydrogen) atoms. The van der Waals surface area contributed by atoms with Crippen LogP contribution in [0.1, 0.15) is 85.0 Å². The maximum Gasteiger partial charge on any atom is 0.332 e. The van der Waals surface area contributed by atoms with Crippen LogP contribution in [-0.4, -0.2) is 46.1 Å². The lowest BCUT2D eigenvalue weighted by Crippen LogP contribution is -2.29. The summed E-state index contributed by atoms with van der Waals surface area (Å²) in [6.07, 6.45) is 11.5. The minimum Gasteiger partial charge on any atom is -0.479 e. The molecule has 1 aliphatic carbocycles. The van der Waals surface area contributed by atoms with Crippen molar-refractivity contribution in [2.24, 2.45) is 11.8 Å². The number of fused-ring (bicyclic) bond motifs is 1. The zero-order chi connectivity index (χ0) is 21.4. The molecule has 6 nitrogen and oxygen atoms in total. The number of ketones is 1. The summed E-state index contributed by atoms with van der Waals surface area (Å²) in [5.41, 5.74) is 0. The van der Waals surface area contributed by atoms with E-state index in [1.54, 1.807) is 0 Å². The molecule has 166 valence electrons. The predicted molar refractivity (Wildman–Crippen MR) is 110 cm³/mol. The van der Waals surface area contributed by atoms with Gasteiger partial charge in [0, 0.05) is 11.8 Å². The first-order valence-corrected chi connectivity index (χ1v) is 11.2. The van der Waals surface area contributed by atoms with Gasteiger partial charge in [0.05, 0.1) is 0 Å². The van der Waals surface area contributed by atoms with Crippen molar-refractivity contribution < 1.29 is 29.3 Å². The zero-order valence-electron chi connectivity index (χ0n) is 18.1. The summed E-state index contributed by atoms with van der Waals surface area (Å²) in [6, 6.07) is 0. The van der Waals surface area contributed by atoms with Crippen LogP contribution < -0.4 is 0 Å². The lowest BCUT2D eigenvalue weighted by atomic mass is 9.88. The van der Waals surface area contributed by atoms with E-state index < -0.39 is 24.0 Å². The van der Waals surface area contributed by atoms with Crippen molar-refractivity contribution in [2.45, 2.75) is 109 Å². The number of Topliss-reactive ketones (excluding diaryl/α,β-unsaturated/α-hetero) is 1. The third-order valence-electron chi connectivity index (χ3n) is 5.98. The van der Waals surface area contributed by atoms with Crippen molar-refractivity contribution in [3.05, 3.63) is 12.2 Å². The Bertz CT molecular complexity index is 570. The first-order chi connectivity index (χ1) is 13.8. The van der Waals surface area contributed by atoms with Gasteiger partial charge in [-0.1, -0.05) is 57.6 Å². The van der Waals surface area contributed by atoms with E-state index in [0.717, 1.165) is 25.7 Å². The van der Waals surface area contributed by atoms with Gasteiger partial charge in [-0.3, -0.25) is 4.79 Å². The van der Waals surface area contributed by atoms with Gasteiger partial charge < -0.3 is 19.7 Å². The largest absolute Gasteiger partial charge is 0.479 e. The molecule has 1 unspecified atom stereocenters. The second-order valence-corrected chi connectivity index (χ2v) is 8.88. The second-order valence-electron chi connectivity index (χ2n) is 8.88. The van der Waals surface area contributed by atoms with Crippen LogP contribution in [0.25, 0.3) is 0 Å². The fourth-order valence-electron chi connectivity index (χ4n) is 4.44. The second kappa shape index (κ2) is 11.2. The monoisotopic (exact) mass is 410 g/mol. The van der Waals surface area contributed by atoms with E-state index in [4.69, 9.17) is 14.6 Å². The van der Waals surface area contributed by atoms with E-state index in [-0.39, 0.29) is 30.1 Å². The summed E-state index contributed by atoms with van der Waals surface area (Å²) in [4.78, 5) is 23.6. The van der Waals surface area contributed by atoms with Crippen LogP contribution in [0.2, 0.25) is 0 Å². The van der Waals surface area contributed by atoms with Gasteiger partial charge >= 0.3 is 5.97 Å². The zero-order valence-corrected chi connectivity index (χ0v) is 18.1. The summed E-state index contributed by atoms with van der Waals surface area (Å²) in [7, 11) is 0. The third kappa shape index (κ3) is 6.90. The molecule has 0 bridgehead atoms. The normalized spacial score (nSPS) is 29.4. The van der Waals surface area contributed by atoms with Gasteiger partial charge in [0.15, 0.2) is 17.7 Å². The number of aliphatic hydroxyl groups is 1. The van der Waals surface area contributed by atoms with Crippen molar-refractivity contribution in [3.8, 4) is 0 Å². The Balaban J connectivity index is 1.89. The number of unbranched alkanes of at least 4 members (excludes halogenated alkanes) is 6. The molecular weight excluding hydrogens is 372 g/mol. The quantitative estimate of drug-likeness (QED) is 0.348. The molecule has 2 N–H and O–H groups in total. The number of carboxylic acid groups (broad SMARTS) is 1. The van der Waals surface area contributed by atoms with E-state index in [1.165, 1.54) is 25.7 Å². The smallest absolute Gasteiger partial charge is 0.332 e. The minimum absolute atomic E-state index is 0.0325. The number of carbonyl (C=O) groups is 2. The molecule has 0 aromatic heterocycles. The summed E-state index contributed by atoms with van der Waals surface area (Å²) in [6.45, 7) is 5.91. The van der Waals surface area contributed by atoms with Crippen LogP contribution in [0.4, 0.5) is 0 Å². The molecule has 0 amide bonds. The van der Waals surface area contributed by atoms with Gasteiger partial charge in [-0.15, -0.1) is 0 Å². The number of hydrogen-bond donors (Lipinski definition) is 2. The Morgan fingerprint density at radius 3 is 2.55 bits per heavy atom. The summed E-state index contributed by atoms with van der Waals surface area (Å²) < 4.78 is 12.0. The fourth-order valence-corrected chi connectivity index (χ4v) is 4.44. The van der Waals surface area contributed by atoms with E-state index in [2.05, 4.69) is 19.1 Å². The summed E-state index contributed by atoms with van der Waals surface area (Å²) in [5, 5.41) is 18.1. The van der Waals surface area contributed by atoms with Gasteiger partial charge in [-0.05, 0) is 39.5 Å². The maximum absolute atomic E-state index is 13.0. The highest BCUT2D eigenvalue weighted by molar-refractivity contribution is 5.89. The van der Waals surface area contributed by atoms with E-state index in [1.807, 2.05) is 13.8 Å². The molecule has 5 atom stereocenters. The molecule has 1 heterocycles. The predicted octanol–water partition coefficient (Wildman–Crippen LogP) is 4.24. The van der Waals surface area contributed by atoms with Crippen molar-refractivity contribution in [3.63, 3.8) is 0 Å². The molecule has 2 fully saturated rings. The van der Waals surface area contributed by atoms with Gasteiger partial charge in [0.1, 0.15) is 12.2 Å². The fraction of sp³-hybridized carbons (Fsp3) is 0.826. The van der Waals surface area contributed by atoms with Crippen LogP contribution in [0.15, 0.2) is 12.2 Å². The average molecular weight is 411 g/mol. The lowest BCUT2D eigenvalue weighted by Gasteiger charge is -2.24. The molecule has 0 aromatic carbocycles. The Kier molecular flexibility index (Phi) is 9.31. The van der Waals surface area contributed by atoms with E-state index >= 15 is 0 Å². The topological polar surface area (TPSA) is 93.1 Å². The molecule has 0 radical (unpaired) electrons. The number of hydrogen-bond acceptors (Lipinski definition) is 5. The molecule has 0 spiro atoms. The van der Waals surface area contributed by atoms with Crippen LogP contribution >= 0.6 is 0 Å². The number of aliphatic carboxylic acids is 1. The van der Waals surface area contributed by atoms with Crippen molar-refractivity contribution in [2.75, 3.05) is 0 Å². The van der Waals surface area contributed by atoms with Crippen LogP contribution in [0.5, 0.6) is 0 Å². The molecule has 1 aliphatic heterocycles. The van der Waals surface area contributed by atoms with Gasteiger partial charge in [0.2, 0.25) is 0 Å². The molecule has 2 aliphatic rings. The van der Waals surface area contributed by atoms with Crippen LogP contribution in [0, 0.1) is 11.8 Å². The highest BCUT2D eigenvalue weighted by Crippen LogP contribution is 2.45. The molecule has 1 saturated carbocycles. The summed E-state index contributed by atoms with van der Waals surface area (Å²) in [5.74, 6) is -1.85. The molecule has 6 heteroatoms. The van der Waals surface area contributed by atoms with E-state index in [9.17, 15) is 14.7 Å². The Morgan fingerprint density at radius 1 is 1.14 bits per heavy atom. The van der Waals surface area contributed by atoms with Crippen LogP contribution in [-0.2, 0) is 19.1 Å². The molecular formula is C23H38O6. The molecule has 0 aromatic rings. The van der Waals surface area contributed by atoms with Crippen LogP contribution in [0.3, 0.4) is 0 Å². The van der Waals surface area contributed by atoms with E-state index in [0.29, 0.717) is 6.42 Å². The number of ether oxygens (including phenoxy) is 2. The van der Waals surface area contributed by atoms with Crippen molar-refractivity contribution in [1.82, 2.24) is 0 Å².